The van der Waals surface area contributed by atoms with Crippen LogP contribution in [0.25, 0.3) is 0 Å². The second kappa shape index (κ2) is 7.85. The molecule has 0 aliphatic heterocycles. The second-order valence-corrected chi connectivity index (χ2v) is 4.95. The highest BCUT2D eigenvalue weighted by atomic mass is 16.5. The van der Waals surface area contributed by atoms with Crippen LogP contribution in [0.4, 0.5) is 5.69 Å². The largest absolute Gasteiger partial charge is 0.497 e. The van der Waals surface area contributed by atoms with Crippen molar-refractivity contribution in [2.45, 2.75) is 6.42 Å². The number of rotatable bonds is 6. The predicted octanol–water partition coefficient (Wildman–Crippen LogP) is 3.02. The minimum atomic E-state index is -0.759. The van der Waals surface area contributed by atoms with E-state index in [4.69, 9.17) is 9.47 Å². The minimum Gasteiger partial charge on any atom is -0.497 e. The number of nitrogens with one attached hydrogen (secondary N) is 1. The van der Waals surface area contributed by atoms with Gasteiger partial charge in [-0.1, -0.05) is 12.1 Å². The minimum absolute atomic E-state index is 0.325. The Labute approximate surface area is 135 Å². The van der Waals surface area contributed by atoms with Gasteiger partial charge in [0.2, 0.25) is 5.91 Å². The van der Waals surface area contributed by atoms with E-state index in [9.17, 15) is 10.1 Å². The fraction of sp³-hybridized carbons (Fsp3) is 0.222. The van der Waals surface area contributed by atoms with E-state index in [1.807, 2.05) is 24.3 Å². The molecule has 0 aliphatic rings. The summed E-state index contributed by atoms with van der Waals surface area (Å²) in [5, 5.41) is 12.0. The van der Waals surface area contributed by atoms with Crippen molar-refractivity contribution in [3.05, 3.63) is 54.1 Å². The molecule has 1 atom stereocenters. The fourth-order valence-corrected chi connectivity index (χ4v) is 2.10. The Bertz CT molecular complexity index is 688. The molecule has 0 saturated heterocycles. The van der Waals surface area contributed by atoms with Crippen LogP contribution in [0.5, 0.6) is 11.5 Å². The zero-order chi connectivity index (χ0) is 16.7. The molecule has 5 heteroatoms. The molecule has 0 unspecified atom stereocenters. The quantitative estimate of drug-likeness (QED) is 0.890. The monoisotopic (exact) mass is 310 g/mol. The number of benzene rings is 2. The first-order chi connectivity index (χ1) is 11.2. The molecule has 0 fully saturated rings. The molecule has 5 nitrogen and oxygen atoms in total. The van der Waals surface area contributed by atoms with Gasteiger partial charge in [0.05, 0.1) is 20.3 Å². The summed E-state index contributed by atoms with van der Waals surface area (Å²) in [6.45, 7) is 0. The molecular weight excluding hydrogens is 292 g/mol. The molecule has 0 radical (unpaired) electrons. The summed E-state index contributed by atoms with van der Waals surface area (Å²) < 4.78 is 10.2. The van der Waals surface area contributed by atoms with E-state index in [1.165, 1.54) is 0 Å². The van der Waals surface area contributed by atoms with Gasteiger partial charge in [-0.15, -0.1) is 0 Å². The average molecular weight is 310 g/mol. The molecule has 2 rings (SSSR count). The van der Waals surface area contributed by atoms with Crippen LogP contribution in [0, 0.1) is 17.2 Å². The SMILES string of the molecule is COc1ccc(C[C@@H](C#N)C(=O)Nc2ccc(OC)cc2)cc1. The van der Waals surface area contributed by atoms with Gasteiger partial charge in [-0.25, -0.2) is 0 Å². The summed E-state index contributed by atoms with van der Waals surface area (Å²) in [6, 6.07) is 16.3. The summed E-state index contributed by atoms with van der Waals surface area (Å²) in [5.74, 6) is 0.363. The molecule has 2 aromatic rings. The van der Waals surface area contributed by atoms with Crippen molar-refractivity contribution in [1.82, 2.24) is 0 Å². The van der Waals surface area contributed by atoms with Crippen molar-refractivity contribution in [2.75, 3.05) is 19.5 Å². The number of nitrogens with zero attached hydrogens (tertiary/aromatic N) is 1. The Balaban J connectivity index is 2.01. The maximum absolute atomic E-state index is 12.2. The molecule has 0 spiro atoms. The van der Waals surface area contributed by atoms with Crippen molar-refractivity contribution in [3.63, 3.8) is 0 Å². The molecule has 23 heavy (non-hydrogen) atoms. The Morgan fingerprint density at radius 2 is 1.57 bits per heavy atom. The van der Waals surface area contributed by atoms with Crippen molar-refractivity contribution < 1.29 is 14.3 Å². The number of carbonyl (C=O) groups excluding carboxylic acids is 1. The maximum Gasteiger partial charge on any atom is 0.242 e. The fourth-order valence-electron chi connectivity index (χ4n) is 2.10. The molecular formula is C18H18N2O3. The van der Waals surface area contributed by atoms with E-state index < -0.39 is 5.92 Å². The van der Waals surface area contributed by atoms with Crippen molar-refractivity contribution in [2.24, 2.45) is 5.92 Å². The third-order valence-electron chi connectivity index (χ3n) is 3.43. The first kappa shape index (κ1) is 16.4. The van der Waals surface area contributed by atoms with Crippen LogP contribution in [0.3, 0.4) is 0 Å². The third kappa shape index (κ3) is 4.48. The Hall–Kier alpha value is -3.00. The number of anilines is 1. The Kier molecular flexibility index (Phi) is 5.59. The van der Waals surface area contributed by atoms with E-state index in [0.29, 0.717) is 17.9 Å². The van der Waals surface area contributed by atoms with Crippen LogP contribution in [-0.2, 0) is 11.2 Å². The highest BCUT2D eigenvalue weighted by molar-refractivity contribution is 5.94. The summed E-state index contributed by atoms with van der Waals surface area (Å²) in [6.07, 6.45) is 0.350. The number of nitriles is 1. The average Bonchev–Trinajstić information content (AvgIpc) is 2.60. The van der Waals surface area contributed by atoms with Gasteiger partial charge in [0.1, 0.15) is 17.4 Å². The molecule has 0 saturated carbocycles. The Morgan fingerprint density at radius 1 is 1.04 bits per heavy atom. The highest BCUT2D eigenvalue weighted by Crippen LogP contribution is 2.18. The van der Waals surface area contributed by atoms with Crippen molar-refractivity contribution >= 4 is 11.6 Å². The van der Waals surface area contributed by atoms with Crippen LogP contribution in [0.1, 0.15) is 5.56 Å². The van der Waals surface area contributed by atoms with Crippen molar-refractivity contribution in [1.29, 1.82) is 5.26 Å². The number of hydrogen-bond donors (Lipinski definition) is 1. The van der Waals surface area contributed by atoms with Crippen LogP contribution >= 0.6 is 0 Å². The van der Waals surface area contributed by atoms with Gasteiger partial charge in [-0.3, -0.25) is 4.79 Å². The second-order valence-electron chi connectivity index (χ2n) is 4.95. The summed E-state index contributed by atoms with van der Waals surface area (Å²) >= 11 is 0. The first-order valence-electron chi connectivity index (χ1n) is 7.13. The number of ether oxygens (including phenoxy) is 2. The van der Waals surface area contributed by atoms with E-state index in [-0.39, 0.29) is 5.91 Å². The van der Waals surface area contributed by atoms with Crippen LogP contribution in [0.15, 0.2) is 48.5 Å². The molecule has 0 aliphatic carbocycles. The van der Waals surface area contributed by atoms with Crippen LogP contribution in [0.2, 0.25) is 0 Å². The number of carbonyl (C=O) groups is 1. The van der Waals surface area contributed by atoms with Crippen LogP contribution in [-0.4, -0.2) is 20.1 Å². The van der Waals surface area contributed by atoms with Gasteiger partial charge in [0, 0.05) is 5.69 Å². The first-order valence-corrected chi connectivity index (χ1v) is 7.13. The lowest BCUT2D eigenvalue weighted by Gasteiger charge is -2.11. The lowest BCUT2D eigenvalue weighted by Crippen LogP contribution is -2.23. The highest BCUT2D eigenvalue weighted by Gasteiger charge is 2.18. The number of methoxy groups -OCH3 is 2. The van der Waals surface area contributed by atoms with Gasteiger partial charge in [0.25, 0.3) is 0 Å². The molecule has 0 heterocycles. The standard InChI is InChI=1S/C18H18N2O3/c1-22-16-7-3-13(4-8-16)11-14(12-19)18(21)20-15-5-9-17(23-2)10-6-15/h3-10,14H,11H2,1-2H3,(H,20,21)/t14-/m0/s1. The van der Waals surface area contributed by atoms with Gasteiger partial charge in [0.15, 0.2) is 0 Å². The smallest absolute Gasteiger partial charge is 0.242 e. The van der Waals surface area contributed by atoms with E-state index in [0.717, 1.165) is 11.3 Å². The van der Waals surface area contributed by atoms with Crippen molar-refractivity contribution in [3.8, 4) is 17.6 Å². The summed E-state index contributed by atoms with van der Waals surface area (Å²) in [5.41, 5.74) is 1.54. The van der Waals surface area contributed by atoms with Gasteiger partial charge >= 0.3 is 0 Å². The number of hydrogen-bond acceptors (Lipinski definition) is 4. The molecule has 0 bridgehead atoms. The molecule has 1 amide bonds. The van der Waals surface area contributed by atoms with E-state index in [1.54, 1.807) is 38.5 Å². The maximum atomic E-state index is 12.2. The van der Waals surface area contributed by atoms with Gasteiger partial charge < -0.3 is 14.8 Å². The van der Waals surface area contributed by atoms with Crippen LogP contribution < -0.4 is 14.8 Å². The zero-order valence-corrected chi connectivity index (χ0v) is 13.1. The lowest BCUT2D eigenvalue weighted by molar-refractivity contribution is -0.118. The molecule has 0 aromatic heterocycles. The summed E-state index contributed by atoms with van der Waals surface area (Å²) in [4.78, 5) is 12.2. The zero-order valence-electron chi connectivity index (χ0n) is 13.1. The third-order valence-corrected chi connectivity index (χ3v) is 3.43. The molecule has 118 valence electrons. The van der Waals surface area contributed by atoms with Gasteiger partial charge in [-0.2, -0.15) is 5.26 Å². The number of amides is 1. The van der Waals surface area contributed by atoms with Gasteiger partial charge in [-0.05, 0) is 48.4 Å². The lowest BCUT2D eigenvalue weighted by atomic mass is 9.99. The summed E-state index contributed by atoms with van der Waals surface area (Å²) in [7, 11) is 3.17. The van der Waals surface area contributed by atoms with E-state index >= 15 is 0 Å². The molecule has 1 N–H and O–H groups in total. The topological polar surface area (TPSA) is 71.3 Å². The Morgan fingerprint density at radius 3 is 2.04 bits per heavy atom. The molecule has 2 aromatic carbocycles. The predicted molar refractivity (Wildman–Crippen MR) is 87.4 cm³/mol. The normalized spacial score (nSPS) is 11.2. The van der Waals surface area contributed by atoms with E-state index in [2.05, 4.69) is 11.4 Å².